The molecule has 0 aliphatic heterocycles. The van der Waals surface area contributed by atoms with E-state index in [-0.39, 0.29) is 6.01 Å². The van der Waals surface area contributed by atoms with Crippen molar-refractivity contribution >= 4 is 21.9 Å². The van der Waals surface area contributed by atoms with Gasteiger partial charge in [0.05, 0.1) is 12.3 Å². The van der Waals surface area contributed by atoms with Gasteiger partial charge in [-0.3, -0.25) is 0 Å². The number of nitrogens with zero attached hydrogens (tertiary/aromatic N) is 3. The molecule has 16 heavy (non-hydrogen) atoms. The van der Waals surface area contributed by atoms with E-state index in [1.165, 1.54) is 4.68 Å². The molecular formula is C10H11BrN4O. The Kier molecular flexibility index (Phi) is 3.09. The van der Waals surface area contributed by atoms with Gasteiger partial charge in [-0.25, -0.2) is 0 Å². The van der Waals surface area contributed by atoms with Gasteiger partial charge in [0.2, 0.25) is 5.95 Å². The second-order valence-corrected chi connectivity index (χ2v) is 3.90. The van der Waals surface area contributed by atoms with Crippen molar-refractivity contribution in [1.82, 2.24) is 14.8 Å². The number of hydrogen-bond acceptors (Lipinski definition) is 4. The fourth-order valence-corrected chi connectivity index (χ4v) is 1.75. The van der Waals surface area contributed by atoms with E-state index in [0.717, 1.165) is 10.2 Å². The van der Waals surface area contributed by atoms with Crippen LogP contribution in [-0.4, -0.2) is 21.4 Å². The fourth-order valence-electron chi connectivity index (χ4n) is 1.30. The zero-order chi connectivity index (χ0) is 11.5. The average Bonchev–Trinajstić information content (AvgIpc) is 2.61. The lowest BCUT2D eigenvalue weighted by Gasteiger charge is -2.03. The molecule has 0 amide bonds. The zero-order valence-corrected chi connectivity index (χ0v) is 10.3. The van der Waals surface area contributed by atoms with E-state index in [2.05, 4.69) is 26.0 Å². The highest BCUT2D eigenvalue weighted by Crippen LogP contribution is 2.22. The Bertz CT molecular complexity index is 497. The average molecular weight is 283 g/mol. The standard InChI is InChI=1S/C10H11BrN4O/c1-2-16-10-13-9(12)15(14-10)8-6-4-3-5-7(8)11/h3-6H,2H2,1H3,(H2,12,13,14). The van der Waals surface area contributed by atoms with E-state index in [9.17, 15) is 0 Å². The topological polar surface area (TPSA) is 66.0 Å². The van der Waals surface area contributed by atoms with Gasteiger partial charge in [0.1, 0.15) is 0 Å². The maximum absolute atomic E-state index is 5.76. The summed E-state index contributed by atoms with van der Waals surface area (Å²) in [6.45, 7) is 2.38. The summed E-state index contributed by atoms with van der Waals surface area (Å²) in [6.07, 6.45) is 0. The summed E-state index contributed by atoms with van der Waals surface area (Å²) in [5.74, 6) is 0.301. The predicted molar refractivity (Wildman–Crippen MR) is 64.6 cm³/mol. The van der Waals surface area contributed by atoms with Crippen molar-refractivity contribution in [2.24, 2.45) is 0 Å². The Morgan fingerprint density at radius 1 is 1.44 bits per heavy atom. The number of nitrogens with two attached hydrogens (primary N) is 1. The van der Waals surface area contributed by atoms with Gasteiger partial charge in [0.15, 0.2) is 0 Å². The van der Waals surface area contributed by atoms with Crippen LogP contribution in [0.1, 0.15) is 6.92 Å². The second-order valence-electron chi connectivity index (χ2n) is 3.05. The summed E-state index contributed by atoms with van der Waals surface area (Å²) in [4.78, 5) is 4.00. The Hall–Kier alpha value is -1.56. The Balaban J connectivity index is 2.44. The van der Waals surface area contributed by atoms with Crippen molar-refractivity contribution in [2.45, 2.75) is 6.92 Å². The molecule has 2 aromatic rings. The van der Waals surface area contributed by atoms with Crippen LogP contribution in [0.3, 0.4) is 0 Å². The van der Waals surface area contributed by atoms with Crippen LogP contribution in [0, 0.1) is 0 Å². The lowest BCUT2D eigenvalue weighted by atomic mass is 10.3. The minimum absolute atomic E-state index is 0.288. The highest BCUT2D eigenvalue weighted by atomic mass is 79.9. The summed E-state index contributed by atoms with van der Waals surface area (Å²) in [5.41, 5.74) is 6.59. The van der Waals surface area contributed by atoms with Crippen LogP contribution in [-0.2, 0) is 0 Å². The monoisotopic (exact) mass is 282 g/mol. The molecule has 5 nitrogen and oxygen atoms in total. The molecule has 2 N–H and O–H groups in total. The molecule has 0 aliphatic carbocycles. The molecule has 0 spiro atoms. The molecule has 84 valence electrons. The molecule has 0 fully saturated rings. The smallest absolute Gasteiger partial charge is 0.337 e. The summed E-state index contributed by atoms with van der Waals surface area (Å²) in [5, 5.41) is 4.16. The fraction of sp³-hybridized carbons (Fsp3) is 0.200. The maximum Gasteiger partial charge on any atom is 0.337 e. The molecule has 1 aromatic heterocycles. The number of ether oxygens (including phenoxy) is 1. The molecule has 0 bridgehead atoms. The molecule has 2 rings (SSSR count). The van der Waals surface area contributed by atoms with Crippen LogP contribution in [0.25, 0.3) is 5.69 Å². The molecule has 1 heterocycles. The highest BCUT2D eigenvalue weighted by Gasteiger charge is 2.11. The molecule has 6 heteroatoms. The summed E-state index contributed by atoms with van der Waals surface area (Å²) in [7, 11) is 0. The van der Waals surface area contributed by atoms with Crippen molar-refractivity contribution in [3.63, 3.8) is 0 Å². The largest absolute Gasteiger partial charge is 0.463 e. The van der Waals surface area contributed by atoms with Crippen molar-refractivity contribution in [3.05, 3.63) is 28.7 Å². The molecule has 0 saturated carbocycles. The SMILES string of the molecule is CCOc1nc(N)n(-c2ccccc2Br)n1. The minimum Gasteiger partial charge on any atom is -0.463 e. The number of hydrogen-bond donors (Lipinski definition) is 1. The number of anilines is 1. The van der Waals surface area contributed by atoms with E-state index in [1.54, 1.807) is 0 Å². The first kappa shape index (κ1) is 10.9. The first-order valence-corrected chi connectivity index (χ1v) is 5.62. The van der Waals surface area contributed by atoms with Gasteiger partial charge < -0.3 is 10.5 Å². The van der Waals surface area contributed by atoms with Crippen molar-refractivity contribution in [3.8, 4) is 11.7 Å². The zero-order valence-electron chi connectivity index (χ0n) is 8.72. The first-order chi connectivity index (χ1) is 7.72. The van der Waals surface area contributed by atoms with Gasteiger partial charge in [-0.1, -0.05) is 12.1 Å². The third kappa shape index (κ3) is 2.01. The number of para-hydroxylation sites is 1. The van der Waals surface area contributed by atoms with E-state index in [1.807, 2.05) is 31.2 Å². The van der Waals surface area contributed by atoms with E-state index >= 15 is 0 Å². The quantitative estimate of drug-likeness (QED) is 0.935. The van der Waals surface area contributed by atoms with E-state index in [0.29, 0.717) is 12.6 Å². The third-order valence-electron chi connectivity index (χ3n) is 1.97. The van der Waals surface area contributed by atoms with Crippen molar-refractivity contribution < 1.29 is 4.74 Å². The Morgan fingerprint density at radius 3 is 2.88 bits per heavy atom. The summed E-state index contributed by atoms with van der Waals surface area (Å²) < 4.78 is 7.62. The van der Waals surface area contributed by atoms with Crippen molar-refractivity contribution in [1.29, 1.82) is 0 Å². The van der Waals surface area contributed by atoms with Gasteiger partial charge in [-0.2, -0.15) is 9.67 Å². The van der Waals surface area contributed by atoms with Crippen LogP contribution in [0.15, 0.2) is 28.7 Å². The van der Waals surface area contributed by atoms with E-state index < -0.39 is 0 Å². The lowest BCUT2D eigenvalue weighted by Crippen LogP contribution is -2.03. The Morgan fingerprint density at radius 2 is 2.19 bits per heavy atom. The summed E-state index contributed by atoms with van der Waals surface area (Å²) >= 11 is 3.43. The molecule has 0 radical (unpaired) electrons. The predicted octanol–water partition coefficient (Wildman–Crippen LogP) is 2.01. The van der Waals surface area contributed by atoms with Crippen LogP contribution in [0.4, 0.5) is 5.95 Å². The number of benzene rings is 1. The molecule has 0 saturated heterocycles. The number of nitrogen functional groups attached to an aromatic ring is 1. The van der Waals surface area contributed by atoms with Crippen molar-refractivity contribution in [2.75, 3.05) is 12.3 Å². The highest BCUT2D eigenvalue weighted by molar-refractivity contribution is 9.10. The number of rotatable bonds is 3. The molecule has 0 atom stereocenters. The molecule has 0 aliphatic rings. The van der Waals surface area contributed by atoms with Crippen LogP contribution < -0.4 is 10.5 Å². The molecule has 0 unspecified atom stereocenters. The maximum atomic E-state index is 5.76. The van der Waals surface area contributed by atoms with Gasteiger partial charge in [0, 0.05) is 4.47 Å². The van der Waals surface area contributed by atoms with E-state index in [4.69, 9.17) is 10.5 Å². The van der Waals surface area contributed by atoms with Gasteiger partial charge in [-0.15, -0.1) is 5.10 Å². The summed E-state index contributed by atoms with van der Waals surface area (Å²) in [6, 6.07) is 7.92. The number of halogens is 1. The van der Waals surface area contributed by atoms with Gasteiger partial charge in [-0.05, 0) is 35.0 Å². The number of aromatic nitrogens is 3. The van der Waals surface area contributed by atoms with Crippen LogP contribution in [0.5, 0.6) is 6.01 Å². The minimum atomic E-state index is 0.288. The normalized spacial score (nSPS) is 10.4. The van der Waals surface area contributed by atoms with Crippen LogP contribution >= 0.6 is 15.9 Å². The molecule has 1 aromatic carbocycles. The Labute approximate surface area is 101 Å². The lowest BCUT2D eigenvalue weighted by molar-refractivity contribution is 0.312. The first-order valence-electron chi connectivity index (χ1n) is 4.82. The van der Waals surface area contributed by atoms with Gasteiger partial charge >= 0.3 is 6.01 Å². The second kappa shape index (κ2) is 4.52. The third-order valence-corrected chi connectivity index (χ3v) is 2.64. The van der Waals surface area contributed by atoms with Crippen LogP contribution in [0.2, 0.25) is 0 Å². The van der Waals surface area contributed by atoms with Gasteiger partial charge in [0.25, 0.3) is 0 Å². The molecular weight excluding hydrogens is 272 g/mol.